The van der Waals surface area contributed by atoms with E-state index in [0.717, 1.165) is 35.2 Å². The summed E-state index contributed by atoms with van der Waals surface area (Å²) in [4.78, 5) is 3.23. The average Bonchev–Trinajstić information content (AvgIpc) is 3.03. The third-order valence-electron chi connectivity index (χ3n) is 4.55. The zero-order chi connectivity index (χ0) is 16.7. The SMILES string of the molecule is CC[NH+](CC)CC[NH+](CC)Cc1ccc(-c2ccc(Cl)cc2)o1. The lowest BCUT2D eigenvalue weighted by Crippen LogP contribution is -3.19. The largest absolute Gasteiger partial charge is 0.455 e. The summed E-state index contributed by atoms with van der Waals surface area (Å²) in [7, 11) is 0. The molecule has 4 heteroatoms. The predicted octanol–water partition coefficient (Wildman–Crippen LogP) is 1.93. The molecule has 0 spiro atoms. The third-order valence-corrected chi connectivity index (χ3v) is 4.80. The number of likely N-dealkylation sites (N-methyl/N-ethyl adjacent to an activating group) is 2. The van der Waals surface area contributed by atoms with Crippen molar-refractivity contribution in [2.24, 2.45) is 0 Å². The molecule has 0 bridgehead atoms. The van der Waals surface area contributed by atoms with E-state index in [0.29, 0.717) is 0 Å². The molecule has 0 radical (unpaired) electrons. The first-order valence-corrected chi connectivity index (χ1v) is 9.05. The summed E-state index contributed by atoms with van der Waals surface area (Å²) in [5.74, 6) is 1.97. The van der Waals surface area contributed by atoms with Crippen molar-refractivity contribution in [2.75, 3.05) is 32.7 Å². The van der Waals surface area contributed by atoms with Crippen LogP contribution in [0.15, 0.2) is 40.8 Å². The fraction of sp³-hybridized carbons (Fsp3) is 0.474. The van der Waals surface area contributed by atoms with Crippen LogP contribution in [0, 0.1) is 0 Å². The molecule has 0 saturated carbocycles. The van der Waals surface area contributed by atoms with Crippen molar-refractivity contribution in [2.45, 2.75) is 27.3 Å². The van der Waals surface area contributed by atoms with Crippen molar-refractivity contribution in [3.63, 3.8) is 0 Å². The second kappa shape index (κ2) is 9.11. The van der Waals surface area contributed by atoms with Crippen molar-refractivity contribution < 1.29 is 14.2 Å². The van der Waals surface area contributed by atoms with E-state index in [4.69, 9.17) is 16.0 Å². The van der Waals surface area contributed by atoms with E-state index in [2.05, 4.69) is 32.9 Å². The Bertz CT molecular complexity index is 575. The minimum Gasteiger partial charge on any atom is -0.455 e. The molecule has 0 aliphatic heterocycles. The molecule has 3 nitrogen and oxygen atoms in total. The number of rotatable bonds is 9. The Morgan fingerprint density at radius 2 is 1.43 bits per heavy atom. The van der Waals surface area contributed by atoms with E-state index < -0.39 is 0 Å². The van der Waals surface area contributed by atoms with Gasteiger partial charge >= 0.3 is 0 Å². The van der Waals surface area contributed by atoms with Crippen LogP contribution in [0.5, 0.6) is 0 Å². The van der Waals surface area contributed by atoms with Crippen molar-refractivity contribution in [1.82, 2.24) is 0 Å². The highest BCUT2D eigenvalue weighted by Gasteiger charge is 2.14. The minimum absolute atomic E-state index is 0.751. The van der Waals surface area contributed by atoms with Gasteiger partial charge in [-0.2, -0.15) is 0 Å². The summed E-state index contributed by atoms with van der Waals surface area (Å²) in [5.41, 5.74) is 1.08. The van der Waals surface area contributed by atoms with E-state index in [9.17, 15) is 0 Å². The maximum absolute atomic E-state index is 6.03. The van der Waals surface area contributed by atoms with Gasteiger partial charge in [0.1, 0.15) is 25.4 Å². The lowest BCUT2D eigenvalue weighted by Gasteiger charge is -2.20. The molecule has 0 aliphatic rings. The van der Waals surface area contributed by atoms with Crippen LogP contribution in [0.1, 0.15) is 26.5 Å². The molecular weight excluding hydrogens is 308 g/mol. The summed E-state index contributed by atoms with van der Waals surface area (Å²) in [6.07, 6.45) is 0. The maximum Gasteiger partial charge on any atom is 0.158 e. The number of hydrogen-bond donors (Lipinski definition) is 2. The number of benzene rings is 1. The molecule has 2 rings (SSSR count). The van der Waals surface area contributed by atoms with Gasteiger partial charge in [0.15, 0.2) is 5.76 Å². The van der Waals surface area contributed by atoms with E-state index >= 15 is 0 Å². The molecule has 1 unspecified atom stereocenters. The molecule has 0 fully saturated rings. The Balaban J connectivity index is 1.95. The van der Waals surface area contributed by atoms with E-state index in [1.54, 1.807) is 9.80 Å². The molecule has 1 aromatic heterocycles. The van der Waals surface area contributed by atoms with Crippen LogP contribution in [0.4, 0.5) is 0 Å². The monoisotopic (exact) mass is 336 g/mol. The van der Waals surface area contributed by atoms with Crippen LogP contribution < -0.4 is 9.80 Å². The minimum atomic E-state index is 0.751. The number of quaternary nitrogens is 2. The van der Waals surface area contributed by atoms with Gasteiger partial charge in [-0.3, -0.25) is 0 Å². The fourth-order valence-corrected chi connectivity index (χ4v) is 2.96. The van der Waals surface area contributed by atoms with Gasteiger partial charge in [-0.25, -0.2) is 0 Å². The van der Waals surface area contributed by atoms with Crippen LogP contribution in [0.2, 0.25) is 5.02 Å². The predicted molar refractivity (Wildman–Crippen MR) is 96.1 cm³/mol. The Labute approximate surface area is 144 Å². The zero-order valence-corrected chi connectivity index (χ0v) is 15.2. The number of hydrogen-bond acceptors (Lipinski definition) is 1. The smallest absolute Gasteiger partial charge is 0.158 e. The summed E-state index contributed by atoms with van der Waals surface area (Å²) in [5, 5.41) is 0.751. The normalized spacial score (nSPS) is 12.7. The highest BCUT2D eigenvalue weighted by atomic mass is 35.5. The summed E-state index contributed by atoms with van der Waals surface area (Å²) in [6.45, 7) is 13.7. The molecule has 2 N–H and O–H groups in total. The Morgan fingerprint density at radius 1 is 0.826 bits per heavy atom. The van der Waals surface area contributed by atoms with Gasteiger partial charge in [0, 0.05) is 10.6 Å². The first kappa shape index (κ1) is 18.1. The van der Waals surface area contributed by atoms with Crippen LogP contribution in [-0.4, -0.2) is 32.7 Å². The summed E-state index contributed by atoms with van der Waals surface area (Å²) in [6, 6.07) is 12.0. The van der Waals surface area contributed by atoms with Gasteiger partial charge in [0.2, 0.25) is 0 Å². The maximum atomic E-state index is 6.03. The van der Waals surface area contributed by atoms with Crippen LogP contribution in [0.25, 0.3) is 11.3 Å². The summed E-state index contributed by atoms with van der Waals surface area (Å²) >= 11 is 5.94. The first-order valence-electron chi connectivity index (χ1n) is 8.68. The Kier molecular flexibility index (Phi) is 7.15. The van der Waals surface area contributed by atoms with E-state index in [1.807, 2.05) is 24.3 Å². The molecular formula is C19H29ClN2O+2. The zero-order valence-electron chi connectivity index (χ0n) is 14.5. The van der Waals surface area contributed by atoms with E-state index in [1.165, 1.54) is 26.2 Å². The van der Waals surface area contributed by atoms with Crippen LogP contribution >= 0.6 is 11.6 Å². The molecule has 0 amide bonds. The van der Waals surface area contributed by atoms with Crippen molar-refractivity contribution in [3.8, 4) is 11.3 Å². The Hall–Kier alpha value is -1.29. The van der Waals surface area contributed by atoms with Gasteiger partial charge in [0.25, 0.3) is 0 Å². The average molecular weight is 337 g/mol. The van der Waals surface area contributed by atoms with Gasteiger partial charge in [0.05, 0.1) is 19.6 Å². The standard InChI is InChI=1S/C19H27ClN2O/c1-4-21(5-2)13-14-22(6-3)15-18-11-12-19(23-18)16-7-9-17(20)10-8-16/h7-12H,4-6,13-15H2,1-3H3/p+2. The molecule has 126 valence electrons. The quantitative estimate of drug-likeness (QED) is 0.717. The molecule has 0 saturated heterocycles. The van der Waals surface area contributed by atoms with Gasteiger partial charge < -0.3 is 14.2 Å². The second-order valence-electron chi connectivity index (χ2n) is 6.01. The number of nitrogens with one attached hydrogen (secondary N) is 2. The van der Waals surface area contributed by atoms with E-state index in [-0.39, 0.29) is 0 Å². The van der Waals surface area contributed by atoms with Crippen LogP contribution in [0.3, 0.4) is 0 Å². The summed E-state index contributed by atoms with van der Waals surface area (Å²) < 4.78 is 6.03. The van der Waals surface area contributed by atoms with Crippen molar-refractivity contribution in [3.05, 3.63) is 47.2 Å². The lowest BCUT2D eigenvalue weighted by molar-refractivity contribution is -0.962. The molecule has 23 heavy (non-hydrogen) atoms. The number of furan rings is 1. The van der Waals surface area contributed by atoms with Crippen molar-refractivity contribution >= 4 is 11.6 Å². The lowest BCUT2D eigenvalue weighted by atomic mass is 10.2. The van der Waals surface area contributed by atoms with Gasteiger partial charge in [-0.1, -0.05) is 11.6 Å². The topological polar surface area (TPSA) is 22.0 Å². The molecule has 2 aromatic rings. The highest BCUT2D eigenvalue weighted by Crippen LogP contribution is 2.23. The Morgan fingerprint density at radius 3 is 2.04 bits per heavy atom. The molecule has 1 heterocycles. The molecule has 0 aliphatic carbocycles. The van der Waals surface area contributed by atoms with Crippen LogP contribution in [-0.2, 0) is 6.54 Å². The molecule has 1 atom stereocenters. The van der Waals surface area contributed by atoms with Gasteiger partial charge in [-0.15, -0.1) is 0 Å². The number of halogens is 1. The van der Waals surface area contributed by atoms with Crippen molar-refractivity contribution in [1.29, 1.82) is 0 Å². The fourth-order valence-electron chi connectivity index (χ4n) is 2.84. The third kappa shape index (κ3) is 5.38. The second-order valence-corrected chi connectivity index (χ2v) is 6.45. The highest BCUT2D eigenvalue weighted by molar-refractivity contribution is 6.30. The molecule has 1 aromatic carbocycles. The van der Waals surface area contributed by atoms with Gasteiger partial charge in [-0.05, 0) is 57.2 Å². The first-order chi connectivity index (χ1) is 11.2.